The lowest BCUT2D eigenvalue weighted by Gasteiger charge is -2.10. The van der Waals surface area contributed by atoms with Gasteiger partial charge in [-0.05, 0) is 12.1 Å². The number of hydrogen-bond donors (Lipinski definition) is 2. The average Bonchev–Trinajstić information content (AvgIpc) is 2.43. The molecule has 0 atom stereocenters. The molecule has 1 aromatic rings. The first-order valence-corrected chi connectivity index (χ1v) is 6.17. The normalized spacial score (nSPS) is 10.8. The Morgan fingerprint density at radius 2 is 2.00 bits per heavy atom. The number of hydrogen-bond acceptors (Lipinski definition) is 5. The molecule has 0 radical (unpaired) electrons. The molecule has 0 unspecified atom stereocenters. The van der Waals surface area contributed by atoms with Gasteiger partial charge in [-0.3, -0.25) is 20.2 Å². The van der Waals surface area contributed by atoms with Crippen LogP contribution in [0.3, 0.4) is 0 Å². The molecule has 3 amide bonds. The molecule has 0 saturated carbocycles. The molecule has 2 N–H and O–H groups in total. The molecule has 1 aromatic carbocycles. The molecule has 1 rings (SSSR count). The number of carbonyl (C=O) groups is 2. The molecule has 0 aliphatic rings. The van der Waals surface area contributed by atoms with E-state index in [1.54, 1.807) is 5.32 Å². The monoisotopic (exact) mass is 355 g/mol. The largest absolute Gasteiger partial charge is 0.477 e. The highest BCUT2D eigenvalue weighted by molar-refractivity contribution is 6.30. The van der Waals surface area contributed by atoms with E-state index < -0.39 is 41.9 Å². The fourth-order valence-electron chi connectivity index (χ4n) is 1.29. The molecule has 0 fully saturated rings. The van der Waals surface area contributed by atoms with E-state index >= 15 is 0 Å². The summed E-state index contributed by atoms with van der Waals surface area (Å²) in [6.07, 6.45) is -4.62. The lowest BCUT2D eigenvalue weighted by Crippen LogP contribution is -2.44. The van der Waals surface area contributed by atoms with Crippen LogP contribution in [0.1, 0.15) is 0 Å². The minimum absolute atomic E-state index is 0.0695. The Kier molecular flexibility index (Phi) is 6.13. The van der Waals surface area contributed by atoms with E-state index in [4.69, 9.17) is 16.3 Å². The number of nitrogens with one attached hydrogen (secondary N) is 2. The van der Waals surface area contributed by atoms with Crippen LogP contribution in [0, 0.1) is 10.1 Å². The lowest BCUT2D eigenvalue weighted by molar-refractivity contribution is -0.385. The Hall–Kier alpha value is -2.56. The summed E-state index contributed by atoms with van der Waals surface area (Å²) in [4.78, 5) is 32.3. The fourth-order valence-corrected chi connectivity index (χ4v) is 1.45. The Bertz CT molecular complexity index is 623. The highest BCUT2D eigenvalue weighted by Gasteiger charge is 2.28. The van der Waals surface area contributed by atoms with E-state index in [0.29, 0.717) is 0 Å². The first-order chi connectivity index (χ1) is 10.6. The van der Waals surface area contributed by atoms with E-state index in [0.717, 1.165) is 12.1 Å². The Morgan fingerprint density at radius 3 is 2.57 bits per heavy atom. The molecule has 0 aromatic heterocycles. The summed E-state index contributed by atoms with van der Waals surface area (Å²) in [7, 11) is 0. The zero-order valence-corrected chi connectivity index (χ0v) is 11.9. The van der Waals surface area contributed by atoms with Gasteiger partial charge in [-0.15, -0.1) is 0 Å². The second kappa shape index (κ2) is 7.63. The van der Waals surface area contributed by atoms with Crippen molar-refractivity contribution in [2.24, 2.45) is 0 Å². The molecular weight excluding hydrogens is 347 g/mol. The first kappa shape index (κ1) is 18.5. The van der Waals surface area contributed by atoms with Gasteiger partial charge < -0.3 is 10.1 Å². The summed E-state index contributed by atoms with van der Waals surface area (Å²) in [6, 6.07) is 2.03. The van der Waals surface area contributed by atoms with Crippen molar-refractivity contribution in [3.63, 3.8) is 0 Å². The molecule has 0 saturated heterocycles. The maximum absolute atomic E-state index is 11.8. The predicted molar refractivity (Wildman–Crippen MR) is 71.2 cm³/mol. The summed E-state index contributed by atoms with van der Waals surface area (Å²) in [6.45, 7) is -2.43. The minimum Gasteiger partial charge on any atom is -0.477 e. The molecule has 0 spiro atoms. The SMILES string of the molecule is O=C(COc1ccc(Cl)cc1[N+](=O)[O-])NC(=O)NCC(F)(F)F. The molecule has 0 aliphatic carbocycles. The fraction of sp³-hybridized carbons (Fsp3) is 0.273. The van der Waals surface area contributed by atoms with Crippen molar-refractivity contribution in [3.8, 4) is 5.75 Å². The van der Waals surface area contributed by atoms with E-state index in [-0.39, 0.29) is 10.8 Å². The van der Waals surface area contributed by atoms with Crippen molar-refractivity contribution in [2.75, 3.05) is 13.2 Å². The van der Waals surface area contributed by atoms with Crippen molar-refractivity contribution in [1.29, 1.82) is 0 Å². The predicted octanol–water partition coefficient (Wildman–Crippen LogP) is 2.02. The van der Waals surface area contributed by atoms with Crippen LogP contribution in [0.5, 0.6) is 5.75 Å². The van der Waals surface area contributed by atoms with Gasteiger partial charge in [0.15, 0.2) is 12.4 Å². The topological polar surface area (TPSA) is 111 Å². The third-order valence-corrected chi connectivity index (χ3v) is 2.41. The number of urea groups is 1. The van der Waals surface area contributed by atoms with Gasteiger partial charge in [0.25, 0.3) is 5.91 Å². The maximum atomic E-state index is 11.8. The molecule has 0 aliphatic heterocycles. The maximum Gasteiger partial charge on any atom is 0.405 e. The summed E-state index contributed by atoms with van der Waals surface area (Å²) >= 11 is 5.58. The van der Waals surface area contributed by atoms with E-state index in [1.165, 1.54) is 11.4 Å². The molecule has 23 heavy (non-hydrogen) atoms. The summed E-state index contributed by atoms with van der Waals surface area (Å²) in [5.41, 5.74) is -0.508. The van der Waals surface area contributed by atoms with Crippen LogP contribution in [-0.2, 0) is 4.79 Å². The number of amides is 3. The quantitative estimate of drug-likeness (QED) is 0.620. The van der Waals surface area contributed by atoms with E-state index in [9.17, 15) is 32.9 Å². The second-order valence-electron chi connectivity index (χ2n) is 4.00. The Balaban J connectivity index is 2.54. The van der Waals surface area contributed by atoms with Crippen LogP contribution in [-0.4, -0.2) is 36.2 Å². The van der Waals surface area contributed by atoms with Crippen molar-refractivity contribution < 1.29 is 32.4 Å². The number of nitro benzene ring substituents is 1. The van der Waals surface area contributed by atoms with Crippen LogP contribution in [0.2, 0.25) is 5.02 Å². The molecule has 0 heterocycles. The minimum atomic E-state index is -4.62. The van der Waals surface area contributed by atoms with Gasteiger partial charge in [-0.25, -0.2) is 4.79 Å². The number of benzene rings is 1. The van der Waals surface area contributed by atoms with Gasteiger partial charge in [-0.1, -0.05) is 11.6 Å². The summed E-state index contributed by atoms with van der Waals surface area (Å²) < 4.78 is 40.4. The number of halogens is 4. The van der Waals surface area contributed by atoms with Crippen LogP contribution < -0.4 is 15.4 Å². The molecule has 126 valence electrons. The highest BCUT2D eigenvalue weighted by atomic mass is 35.5. The van der Waals surface area contributed by atoms with Crippen LogP contribution in [0.25, 0.3) is 0 Å². The number of nitro groups is 1. The highest BCUT2D eigenvalue weighted by Crippen LogP contribution is 2.29. The molecular formula is C11H9ClF3N3O5. The Labute approximate surface area is 131 Å². The lowest BCUT2D eigenvalue weighted by atomic mass is 10.3. The molecule has 8 nitrogen and oxygen atoms in total. The standard InChI is InChI=1S/C11H9ClF3N3O5/c12-6-1-2-8(7(3-6)18(21)22)23-4-9(19)17-10(20)16-5-11(13,14)15/h1-3H,4-5H2,(H2,16,17,19,20). The number of ether oxygens (including phenoxy) is 1. The Morgan fingerprint density at radius 1 is 1.35 bits per heavy atom. The third-order valence-electron chi connectivity index (χ3n) is 2.18. The number of carbonyl (C=O) groups excluding carboxylic acids is 2. The van der Waals surface area contributed by atoms with Crippen molar-refractivity contribution >= 4 is 29.2 Å². The van der Waals surface area contributed by atoms with E-state index in [2.05, 4.69) is 0 Å². The third kappa shape index (κ3) is 6.82. The van der Waals surface area contributed by atoms with Gasteiger partial charge in [0.2, 0.25) is 0 Å². The number of imide groups is 1. The van der Waals surface area contributed by atoms with Gasteiger partial charge >= 0.3 is 17.9 Å². The summed E-state index contributed by atoms with van der Waals surface area (Å²) in [5, 5.41) is 13.8. The molecule has 0 bridgehead atoms. The first-order valence-electron chi connectivity index (χ1n) is 5.79. The number of nitrogens with zero attached hydrogens (tertiary/aromatic N) is 1. The zero-order valence-electron chi connectivity index (χ0n) is 11.1. The number of rotatable bonds is 5. The van der Waals surface area contributed by atoms with Crippen molar-refractivity contribution in [3.05, 3.63) is 33.3 Å². The number of alkyl halides is 3. The van der Waals surface area contributed by atoms with Gasteiger partial charge in [-0.2, -0.15) is 13.2 Å². The smallest absolute Gasteiger partial charge is 0.405 e. The van der Waals surface area contributed by atoms with Gasteiger partial charge in [0.05, 0.1) is 4.92 Å². The van der Waals surface area contributed by atoms with Gasteiger partial charge in [0.1, 0.15) is 6.54 Å². The van der Waals surface area contributed by atoms with Crippen LogP contribution >= 0.6 is 11.6 Å². The van der Waals surface area contributed by atoms with Crippen molar-refractivity contribution in [2.45, 2.75) is 6.18 Å². The second-order valence-corrected chi connectivity index (χ2v) is 4.44. The van der Waals surface area contributed by atoms with Gasteiger partial charge in [0, 0.05) is 11.1 Å². The van der Waals surface area contributed by atoms with Crippen LogP contribution in [0.15, 0.2) is 18.2 Å². The van der Waals surface area contributed by atoms with Crippen molar-refractivity contribution in [1.82, 2.24) is 10.6 Å². The zero-order chi connectivity index (χ0) is 17.6. The summed E-state index contributed by atoms with van der Waals surface area (Å²) in [5.74, 6) is -1.38. The van der Waals surface area contributed by atoms with E-state index in [1.807, 2.05) is 0 Å². The average molecular weight is 356 g/mol. The van der Waals surface area contributed by atoms with Crippen LogP contribution in [0.4, 0.5) is 23.7 Å². The molecule has 12 heteroatoms.